The van der Waals surface area contributed by atoms with Gasteiger partial charge < -0.3 is 10.1 Å². The van der Waals surface area contributed by atoms with E-state index >= 15 is 0 Å². The van der Waals surface area contributed by atoms with Crippen LogP contribution in [0.2, 0.25) is 0 Å². The van der Waals surface area contributed by atoms with Crippen LogP contribution in [0.4, 0.5) is 0 Å². The number of hydrogen-bond donors (Lipinski definition) is 1. The molecule has 0 saturated heterocycles. The van der Waals surface area contributed by atoms with Crippen LogP contribution in [0.5, 0.6) is 5.75 Å². The Morgan fingerprint density at radius 3 is 2.81 bits per heavy atom. The fourth-order valence-electron chi connectivity index (χ4n) is 2.49. The van der Waals surface area contributed by atoms with E-state index in [1.165, 1.54) is 5.56 Å². The first-order valence-electron chi connectivity index (χ1n) is 7.46. The van der Waals surface area contributed by atoms with Gasteiger partial charge in [-0.3, -0.25) is 9.67 Å². The van der Waals surface area contributed by atoms with Crippen molar-refractivity contribution in [3.63, 3.8) is 0 Å². The van der Waals surface area contributed by atoms with E-state index in [-0.39, 0.29) is 6.04 Å². The highest BCUT2D eigenvalue weighted by Crippen LogP contribution is 2.30. The Hall–Kier alpha value is -1.88. The number of nitrogens with zero attached hydrogens (tertiary/aromatic N) is 3. The lowest BCUT2D eigenvalue weighted by Crippen LogP contribution is -2.26. The van der Waals surface area contributed by atoms with Gasteiger partial charge in [-0.05, 0) is 44.5 Å². The highest BCUT2D eigenvalue weighted by Gasteiger charge is 2.22. The second-order valence-electron chi connectivity index (χ2n) is 5.03. The highest BCUT2D eigenvalue weighted by atomic mass is 16.5. The fourth-order valence-corrected chi connectivity index (χ4v) is 2.49. The van der Waals surface area contributed by atoms with Crippen LogP contribution in [-0.4, -0.2) is 28.4 Å². The third-order valence-electron chi connectivity index (χ3n) is 3.49. The predicted octanol–water partition coefficient (Wildman–Crippen LogP) is 2.70. The summed E-state index contributed by atoms with van der Waals surface area (Å²) in [5, 5.41) is 8.01. The van der Waals surface area contributed by atoms with Crippen LogP contribution in [0.1, 0.15) is 43.3 Å². The normalized spacial score (nSPS) is 12.4. The number of ether oxygens (including phenoxy) is 1. The number of pyridine rings is 1. The Morgan fingerprint density at radius 1 is 1.38 bits per heavy atom. The summed E-state index contributed by atoms with van der Waals surface area (Å²) < 4.78 is 7.49. The molecule has 0 amide bonds. The standard InChI is InChI=1S/C16H24N4O/c1-5-8-18-15(13-7-9-17-12(3)10-13)16-14(21-4)11-19-20(16)6-2/h7,9-11,15,18H,5-6,8H2,1-4H3. The van der Waals surface area contributed by atoms with Crippen LogP contribution in [0.25, 0.3) is 0 Å². The molecule has 2 aromatic rings. The molecular formula is C16H24N4O. The van der Waals surface area contributed by atoms with Gasteiger partial charge in [-0.15, -0.1) is 0 Å². The molecule has 2 heterocycles. The summed E-state index contributed by atoms with van der Waals surface area (Å²) in [6, 6.07) is 4.22. The lowest BCUT2D eigenvalue weighted by molar-refractivity contribution is 0.398. The summed E-state index contributed by atoms with van der Waals surface area (Å²) in [4.78, 5) is 4.29. The summed E-state index contributed by atoms with van der Waals surface area (Å²) in [6.07, 6.45) is 4.71. The first-order chi connectivity index (χ1) is 10.2. The zero-order chi connectivity index (χ0) is 15.2. The molecule has 0 spiro atoms. The van der Waals surface area contributed by atoms with E-state index in [9.17, 15) is 0 Å². The molecule has 0 aliphatic carbocycles. The van der Waals surface area contributed by atoms with Gasteiger partial charge in [0.2, 0.25) is 0 Å². The van der Waals surface area contributed by atoms with Crippen molar-refractivity contribution >= 4 is 0 Å². The molecule has 0 aliphatic heterocycles. The second-order valence-corrected chi connectivity index (χ2v) is 5.03. The molecular weight excluding hydrogens is 264 g/mol. The minimum atomic E-state index is 0.0593. The molecule has 0 bridgehead atoms. The molecule has 0 fully saturated rings. The molecule has 1 N–H and O–H groups in total. The summed E-state index contributed by atoms with van der Waals surface area (Å²) >= 11 is 0. The van der Waals surface area contributed by atoms with Crippen LogP contribution >= 0.6 is 0 Å². The van der Waals surface area contributed by atoms with Gasteiger partial charge in [0.1, 0.15) is 5.69 Å². The third-order valence-corrected chi connectivity index (χ3v) is 3.49. The summed E-state index contributed by atoms with van der Waals surface area (Å²) in [6.45, 7) is 8.01. The molecule has 1 unspecified atom stereocenters. The Kier molecular flexibility index (Phi) is 5.33. The summed E-state index contributed by atoms with van der Waals surface area (Å²) in [7, 11) is 1.69. The maximum absolute atomic E-state index is 5.50. The van der Waals surface area contributed by atoms with E-state index in [2.05, 4.69) is 35.3 Å². The van der Waals surface area contributed by atoms with Crippen LogP contribution < -0.4 is 10.1 Å². The number of methoxy groups -OCH3 is 1. The van der Waals surface area contributed by atoms with Crippen molar-refractivity contribution in [1.82, 2.24) is 20.1 Å². The van der Waals surface area contributed by atoms with Crippen LogP contribution in [0, 0.1) is 6.92 Å². The highest BCUT2D eigenvalue weighted by molar-refractivity contribution is 5.36. The quantitative estimate of drug-likeness (QED) is 0.851. The molecule has 114 valence electrons. The Bertz CT molecular complexity index is 558. The molecule has 21 heavy (non-hydrogen) atoms. The Labute approximate surface area is 126 Å². The average Bonchev–Trinajstić information content (AvgIpc) is 2.91. The minimum Gasteiger partial charge on any atom is -0.493 e. The summed E-state index contributed by atoms with van der Waals surface area (Å²) in [5.41, 5.74) is 3.26. The van der Waals surface area contributed by atoms with E-state index in [0.717, 1.165) is 36.6 Å². The topological polar surface area (TPSA) is 52.0 Å². The number of aromatic nitrogens is 3. The largest absolute Gasteiger partial charge is 0.493 e. The zero-order valence-electron chi connectivity index (χ0n) is 13.3. The van der Waals surface area contributed by atoms with Crippen molar-refractivity contribution in [2.24, 2.45) is 0 Å². The summed E-state index contributed by atoms with van der Waals surface area (Å²) in [5.74, 6) is 0.819. The lowest BCUT2D eigenvalue weighted by Gasteiger charge is -2.21. The first kappa shape index (κ1) is 15.5. The lowest BCUT2D eigenvalue weighted by atomic mass is 10.0. The van der Waals surface area contributed by atoms with Crippen molar-refractivity contribution in [2.75, 3.05) is 13.7 Å². The SMILES string of the molecule is CCCNC(c1ccnc(C)c1)c1c(OC)cnn1CC. The van der Waals surface area contributed by atoms with Gasteiger partial charge in [-0.25, -0.2) is 0 Å². The maximum Gasteiger partial charge on any atom is 0.161 e. The molecule has 2 rings (SSSR count). The van der Waals surface area contributed by atoms with Crippen molar-refractivity contribution < 1.29 is 4.74 Å². The molecule has 1 atom stereocenters. The van der Waals surface area contributed by atoms with Gasteiger partial charge in [0, 0.05) is 18.4 Å². The molecule has 0 saturated carbocycles. The molecule has 0 radical (unpaired) electrons. The van der Waals surface area contributed by atoms with Gasteiger partial charge in [0.25, 0.3) is 0 Å². The number of rotatable bonds is 7. The van der Waals surface area contributed by atoms with E-state index in [1.807, 2.05) is 23.9 Å². The molecule has 5 nitrogen and oxygen atoms in total. The predicted molar refractivity (Wildman–Crippen MR) is 83.6 cm³/mol. The van der Waals surface area contributed by atoms with Crippen molar-refractivity contribution in [3.05, 3.63) is 41.5 Å². The average molecular weight is 288 g/mol. The molecule has 2 aromatic heterocycles. The van der Waals surface area contributed by atoms with E-state index in [0.29, 0.717) is 0 Å². The van der Waals surface area contributed by atoms with E-state index < -0.39 is 0 Å². The first-order valence-corrected chi connectivity index (χ1v) is 7.46. The second kappa shape index (κ2) is 7.22. The van der Waals surface area contributed by atoms with Crippen molar-refractivity contribution in [3.8, 4) is 5.75 Å². The van der Waals surface area contributed by atoms with Gasteiger partial charge in [0.15, 0.2) is 5.75 Å². The fraction of sp³-hybridized carbons (Fsp3) is 0.500. The van der Waals surface area contributed by atoms with Crippen molar-refractivity contribution in [2.45, 2.75) is 39.8 Å². The molecule has 5 heteroatoms. The van der Waals surface area contributed by atoms with E-state index in [4.69, 9.17) is 4.74 Å². The Balaban J connectivity index is 2.47. The zero-order valence-corrected chi connectivity index (χ0v) is 13.3. The van der Waals surface area contributed by atoms with E-state index in [1.54, 1.807) is 13.3 Å². The van der Waals surface area contributed by atoms with Gasteiger partial charge in [-0.2, -0.15) is 5.10 Å². The maximum atomic E-state index is 5.50. The third kappa shape index (κ3) is 3.42. The molecule has 0 aromatic carbocycles. The number of aryl methyl sites for hydroxylation is 2. The Morgan fingerprint density at radius 2 is 2.19 bits per heavy atom. The number of hydrogen-bond acceptors (Lipinski definition) is 4. The van der Waals surface area contributed by atoms with Gasteiger partial charge in [-0.1, -0.05) is 6.92 Å². The van der Waals surface area contributed by atoms with Crippen LogP contribution in [0.15, 0.2) is 24.5 Å². The number of nitrogens with one attached hydrogen (secondary N) is 1. The van der Waals surface area contributed by atoms with Crippen molar-refractivity contribution in [1.29, 1.82) is 0 Å². The minimum absolute atomic E-state index is 0.0593. The smallest absolute Gasteiger partial charge is 0.161 e. The molecule has 0 aliphatic rings. The monoisotopic (exact) mass is 288 g/mol. The van der Waals surface area contributed by atoms with Gasteiger partial charge >= 0.3 is 0 Å². The van der Waals surface area contributed by atoms with Crippen LogP contribution in [-0.2, 0) is 6.54 Å². The van der Waals surface area contributed by atoms with Gasteiger partial charge in [0.05, 0.1) is 19.3 Å². The van der Waals surface area contributed by atoms with Crippen LogP contribution in [0.3, 0.4) is 0 Å².